The van der Waals surface area contributed by atoms with E-state index in [1.165, 1.54) is 25.1 Å². The Bertz CT molecular complexity index is 562. The SMILES string of the molecule is C=C(C)C(=O)Oc1ccc([N+](=O)[O-])c(C2OCCO2)c1. The van der Waals surface area contributed by atoms with Crippen molar-refractivity contribution < 1.29 is 23.9 Å². The Morgan fingerprint density at radius 1 is 1.45 bits per heavy atom. The van der Waals surface area contributed by atoms with Crippen molar-refractivity contribution in [3.63, 3.8) is 0 Å². The van der Waals surface area contributed by atoms with Gasteiger partial charge >= 0.3 is 5.97 Å². The van der Waals surface area contributed by atoms with Gasteiger partial charge in [-0.3, -0.25) is 10.1 Å². The summed E-state index contributed by atoms with van der Waals surface area (Å²) in [7, 11) is 0. The molecule has 1 aromatic carbocycles. The molecule has 0 spiro atoms. The second kappa shape index (κ2) is 5.81. The predicted molar refractivity (Wildman–Crippen MR) is 68.2 cm³/mol. The Hall–Kier alpha value is -2.25. The van der Waals surface area contributed by atoms with E-state index >= 15 is 0 Å². The van der Waals surface area contributed by atoms with E-state index in [9.17, 15) is 14.9 Å². The van der Waals surface area contributed by atoms with Gasteiger partial charge in [-0.15, -0.1) is 0 Å². The van der Waals surface area contributed by atoms with Crippen LogP contribution in [0.15, 0.2) is 30.4 Å². The quantitative estimate of drug-likeness (QED) is 0.276. The summed E-state index contributed by atoms with van der Waals surface area (Å²) in [6.07, 6.45) is -0.820. The van der Waals surface area contributed by atoms with Crippen LogP contribution >= 0.6 is 0 Å². The highest BCUT2D eigenvalue weighted by Gasteiger charge is 2.27. The highest BCUT2D eigenvalue weighted by atomic mass is 16.7. The molecule has 1 aliphatic rings. The van der Waals surface area contributed by atoms with E-state index in [1.54, 1.807) is 0 Å². The molecule has 0 aliphatic carbocycles. The van der Waals surface area contributed by atoms with Crippen molar-refractivity contribution in [3.8, 4) is 5.75 Å². The molecular formula is C13H13NO6. The summed E-state index contributed by atoms with van der Waals surface area (Å²) < 4.78 is 15.5. The highest BCUT2D eigenvalue weighted by Crippen LogP contribution is 2.34. The molecule has 7 nitrogen and oxygen atoms in total. The van der Waals surface area contributed by atoms with E-state index in [0.717, 1.165) is 0 Å². The van der Waals surface area contributed by atoms with Crippen molar-refractivity contribution in [2.75, 3.05) is 13.2 Å². The van der Waals surface area contributed by atoms with Crippen LogP contribution in [0.3, 0.4) is 0 Å². The van der Waals surface area contributed by atoms with Crippen molar-refractivity contribution in [3.05, 3.63) is 46.0 Å². The molecule has 1 heterocycles. The van der Waals surface area contributed by atoms with Crippen LogP contribution in [-0.2, 0) is 14.3 Å². The van der Waals surface area contributed by atoms with Crippen molar-refractivity contribution in [2.45, 2.75) is 13.2 Å². The third-order valence-corrected chi connectivity index (χ3v) is 2.63. The minimum absolute atomic E-state index is 0.146. The van der Waals surface area contributed by atoms with Gasteiger partial charge in [0.15, 0.2) is 6.29 Å². The molecule has 0 aromatic heterocycles. The Morgan fingerprint density at radius 2 is 2.10 bits per heavy atom. The number of carbonyl (C=O) groups is 1. The smallest absolute Gasteiger partial charge is 0.338 e. The molecule has 1 saturated heterocycles. The first-order chi connectivity index (χ1) is 9.49. The molecule has 106 valence electrons. The third-order valence-electron chi connectivity index (χ3n) is 2.63. The molecule has 7 heteroatoms. The lowest BCUT2D eigenvalue weighted by molar-refractivity contribution is -0.386. The minimum atomic E-state index is -0.820. The van der Waals surface area contributed by atoms with Crippen LogP contribution in [0.4, 0.5) is 5.69 Å². The Labute approximate surface area is 114 Å². The van der Waals surface area contributed by atoms with Gasteiger partial charge in [-0.05, 0) is 19.1 Å². The standard InChI is InChI=1S/C13H13NO6/c1-8(2)12(15)20-9-3-4-11(14(16)17)10(7-9)13-18-5-6-19-13/h3-4,7,13H,1,5-6H2,2H3. The second-order valence-electron chi connectivity index (χ2n) is 4.22. The Morgan fingerprint density at radius 3 is 2.65 bits per heavy atom. The zero-order valence-electron chi connectivity index (χ0n) is 10.8. The zero-order chi connectivity index (χ0) is 14.7. The van der Waals surface area contributed by atoms with Crippen molar-refractivity contribution >= 4 is 11.7 Å². The van der Waals surface area contributed by atoms with Gasteiger partial charge in [0.1, 0.15) is 5.75 Å². The zero-order valence-corrected chi connectivity index (χ0v) is 10.8. The maximum Gasteiger partial charge on any atom is 0.338 e. The van der Waals surface area contributed by atoms with E-state index in [4.69, 9.17) is 14.2 Å². The fraction of sp³-hybridized carbons (Fsp3) is 0.308. The number of benzene rings is 1. The molecule has 0 bridgehead atoms. The number of esters is 1. The van der Waals surface area contributed by atoms with E-state index in [-0.39, 0.29) is 22.6 Å². The molecule has 0 unspecified atom stereocenters. The molecule has 0 atom stereocenters. The van der Waals surface area contributed by atoms with Gasteiger partial charge in [0.05, 0.1) is 23.7 Å². The van der Waals surface area contributed by atoms with E-state index in [2.05, 4.69) is 6.58 Å². The number of ether oxygens (including phenoxy) is 3. The highest BCUT2D eigenvalue weighted by molar-refractivity contribution is 5.88. The first-order valence-electron chi connectivity index (χ1n) is 5.88. The summed E-state index contributed by atoms with van der Waals surface area (Å²) in [5, 5.41) is 11.0. The predicted octanol–water partition coefficient (Wildman–Crippen LogP) is 2.12. The summed E-state index contributed by atoms with van der Waals surface area (Å²) in [6, 6.07) is 3.97. The summed E-state index contributed by atoms with van der Waals surface area (Å²) in [5.41, 5.74) is 0.310. The number of hydrogen-bond acceptors (Lipinski definition) is 6. The average Bonchev–Trinajstić information content (AvgIpc) is 2.91. The van der Waals surface area contributed by atoms with Gasteiger partial charge in [-0.25, -0.2) is 4.79 Å². The van der Waals surface area contributed by atoms with Crippen molar-refractivity contribution in [1.29, 1.82) is 0 Å². The van der Waals surface area contributed by atoms with Crippen molar-refractivity contribution in [2.24, 2.45) is 0 Å². The van der Waals surface area contributed by atoms with Gasteiger partial charge in [0.2, 0.25) is 0 Å². The number of nitrogens with zero attached hydrogens (tertiary/aromatic N) is 1. The molecule has 2 rings (SSSR count). The van der Waals surface area contributed by atoms with Gasteiger partial charge in [-0.2, -0.15) is 0 Å². The van der Waals surface area contributed by atoms with E-state index < -0.39 is 17.2 Å². The number of carbonyl (C=O) groups excluding carboxylic acids is 1. The topological polar surface area (TPSA) is 87.9 Å². The van der Waals surface area contributed by atoms with Crippen LogP contribution in [0.25, 0.3) is 0 Å². The first-order valence-corrected chi connectivity index (χ1v) is 5.88. The minimum Gasteiger partial charge on any atom is -0.423 e. The summed E-state index contributed by atoms with van der Waals surface area (Å²) in [6.45, 7) is 5.69. The van der Waals surface area contributed by atoms with Crippen molar-refractivity contribution in [1.82, 2.24) is 0 Å². The summed E-state index contributed by atoms with van der Waals surface area (Å²) >= 11 is 0. The number of hydrogen-bond donors (Lipinski definition) is 0. The molecule has 20 heavy (non-hydrogen) atoms. The average molecular weight is 279 g/mol. The van der Waals surface area contributed by atoms with Crippen LogP contribution in [0.5, 0.6) is 5.75 Å². The van der Waals surface area contributed by atoms with Crippen LogP contribution in [0.1, 0.15) is 18.8 Å². The Balaban J connectivity index is 2.32. The van der Waals surface area contributed by atoms with E-state index in [1.807, 2.05) is 0 Å². The molecule has 1 aromatic rings. The fourth-order valence-electron chi connectivity index (χ4n) is 1.68. The first kappa shape index (κ1) is 14.2. The lowest BCUT2D eigenvalue weighted by Crippen LogP contribution is -2.09. The molecule has 0 amide bonds. The lowest BCUT2D eigenvalue weighted by Gasteiger charge is -2.11. The monoisotopic (exact) mass is 279 g/mol. The largest absolute Gasteiger partial charge is 0.423 e. The third kappa shape index (κ3) is 3.01. The van der Waals surface area contributed by atoms with Crippen LogP contribution in [-0.4, -0.2) is 24.1 Å². The normalized spacial score (nSPS) is 15.1. The van der Waals surface area contributed by atoms with Gasteiger partial charge in [0.25, 0.3) is 5.69 Å². The van der Waals surface area contributed by atoms with Crippen LogP contribution in [0, 0.1) is 10.1 Å². The van der Waals surface area contributed by atoms with E-state index in [0.29, 0.717) is 13.2 Å². The molecular weight excluding hydrogens is 266 g/mol. The molecule has 0 saturated carbocycles. The van der Waals surface area contributed by atoms with Gasteiger partial charge in [0, 0.05) is 11.6 Å². The number of nitro groups is 1. The molecule has 0 radical (unpaired) electrons. The maximum atomic E-state index is 11.4. The molecule has 1 fully saturated rings. The van der Waals surface area contributed by atoms with Crippen LogP contribution < -0.4 is 4.74 Å². The van der Waals surface area contributed by atoms with Crippen LogP contribution in [0.2, 0.25) is 0 Å². The van der Waals surface area contributed by atoms with Gasteiger partial charge < -0.3 is 14.2 Å². The lowest BCUT2D eigenvalue weighted by atomic mass is 10.1. The molecule has 0 N–H and O–H groups in total. The number of rotatable bonds is 4. The molecule has 1 aliphatic heterocycles. The number of nitro benzene ring substituents is 1. The second-order valence-corrected chi connectivity index (χ2v) is 4.22. The maximum absolute atomic E-state index is 11.4. The fourth-order valence-corrected chi connectivity index (χ4v) is 1.68. The van der Waals surface area contributed by atoms with Gasteiger partial charge in [-0.1, -0.05) is 6.58 Å². The summed E-state index contributed by atoms with van der Waals surface area (Å²) in [4.78, 5) is 21.9. The Kier molecular flexibility index (Phi) is 4.11. The summed E-state index contributed by atoms with van der Waals surface area (Å²) in [5.74, 6) is -0.421.